The third kappa shape index (κ3) is 3.76. The lowest BCUT2D eigenvalue weighted by molar-refractivity contribution is -0.187. The van der Waals surface area contributed by atoms with Gasteiger partial charge in [0.2, 0.25) is 0 Å². The molecule has 1 fully saturated rings. The number of halogens is 3. The molecule has 0 saturated carbocycles. The Morgan fingerprint density at radius 2 is 1.85 bits per heavy atom. The van der Waals surface area contributed by atoms with E-state index in [1.165, 1.54) is 6.20 Å². The van der Waals surface area contributed by atoms with Crippen molar-refractivity contribution in [2.75, 3.05) is 13.1 Å². The second kappa shape index (κ2) is 6.98. The van der Waals surface area contributed by atoms with E-state index < -0.39 is 43.0 Å². The standard InChI is InChI=1S/C18H16F3N3O3/c1-10-12(7-22-15(23-10)11-5-3-2-4-6-11)16(25)24-8-13(17(26)27)14(9-24)18(19,20)21/h2-7,13-14H,8-9H2,1H3,(H,26,27)/t13-,14-/m1/s1. The van der Waals surface area contributed by atoms with Crippen LogP contribution in [0.15, 0.2) is 36.5 Å². The number of aryl methyl sites for hydroxylation is 1. The number of benzene rings is 1. The lowest BCUT2D eigenvalue weighted by Crippen LogP contribution is -2.34. The predicted molar refractivity (Wildman–Crippen MR) is 88.8 cm³/mol. The molecule has 6 nitrogen and oxygen atoms in total. The summed E-state index contributed by atoms with van der Waals surface area (Å²) in [7, 11) is 0. The molecule has 1 aromatic heterocycles. The molecule has 1 aliphatic rings. The molecule has 1 aromatic carbocycles. The maximum absolute atomic E-state index is 13.1. The molecule has 1 aliphatic heterocycles. The minimum Gasteiger partial charge on any atom is -0.481 e. The van der Waals surface area contributed by atoms with Crippen LogP contribution in [-0.2, 0) is 4.79 Å². The summed E-state index contributed by atoms with van der Waals surface area (Å²) < 4.78 is 39.3. The number of hydrogen-bond donors (Lipinski definition) is 1. The van der Waals surface area contributed by atoms with Gasteiger partial charge in [0, 0.05) is 24.8 Å². The molecule has 0 radical (unpaired) electrons. The number of aliphatic carboxylic acids is 1. The number of carboxylic acids is 1. The molecule has 3 rings (SSSR count). The first-order valence-corrected chi connectivity index (χ1v) is 8.16. The Bertz CT molecular complexity index is 871. The van der Waals surface area contributed by atoms with E-state index in [-0.39, 0.29) is 5.56 Å². The Morgan fingerprint density at radius 3 is 2.37 bits per heavy atom. The van der Waals surface area contributed by atoms with Gasteiger partial charge in [-0.1, -0.05) is 30.3 Å². The van der Waals surface area contributed by atoms with Crippen molar-refractivity contribution in [1.82, 2.24) is 14.9 Å². The molecule has 9 heteroatoms. The number of carboxylic acid groups (broad SMARTS) is 1. The maximum atomic E-state index is 13.1. The molecule has 0 unspecified atom stereocenters. The Morgan fingerprint density at radius 1 is 1.19 bits per heavy atom. The van der Waals surface area contributed by atoms with Crippen molar-refractivity contribution in [2.45, 2.75) is 13.1 Å². The van der Waals surface area contributed by atoms with Crippen LogP contribution in [0.5, 0.6) is 0 Å². The van der Waals surface area contributed by atoms with E-state index in [0.29, 0.717) is 11.5 Å². The van der Waals surface area contributed by atoms with Crippen LogP contribution in [0.3, 0.4) is 0 Å². The summed E-state index contributed by atoms with van der Waals surface area (Å²) in [4.78, 5) is 33.1. The molecule has 2 heterocycles. The van der Waals surface area contributed by atoms with Gasteiger partial charge in [0.25, 0.3) is 5.91 Å². The first-order valence-electron chi connectivity index (χ1n) is 8.16. The van der Waals surface area contributed by atoms with Gasteiger partial charge in [-0.05, 0) is 6.92 Å². The average Bonchev–Trinajstić information content (AvgIpc) is 3.08. The zero-order chi connectivity index (χ0) is 19.8. The van der Waals surface area contributed by atoms with Crippen LogP contribution in [0.4, 0.5) is 13.2 Å². The monoisotopic (exact) mass is 379 g/mol. The number of alkyl halides is 3. The van der Waals surface area contributed by atoms with Gasteiger partial charge >= 0.3 is 12.1 Å². The molecule has 27 heavy (non-hydrogen) atoms. The maximum Gasteiger partial charge on any atom is 0.394 e. The van der Waals surface area contributed by atoms with Crippen LogP contribution in [0, 0.1) is 18.8 Å². The number of amides is 1. The van der Waals surface area contributed by atoms with Gasteiger partial charge in [-0.25, -0.2) is 9.97 Å². The Hall–Kier alpha value is -2.97. The van der Waals surface area contributed by atoms with Crippen molar-refractivity contribution < 1.29 is 27.9 Å². The van der Waals surface area contributed by atoms with Crippen LogP contribution < -0.4 is 0 Å². The van der Waals surface area contributed by atoms with Gasteiger partial charge in [0.15, 0.2) is 5.82 Å². The zero-order valence-corrected chi connectivity index (χ0v) is 14.3. The molecule has 2 aromatic rings. The van der Waals surface area contributed by atoms with E-state index in [4.69, 9.17) is 5.11 Å². The summed E-state index contributed by atoms with van der Waals surface area (Å²) in [5.74, 6) is -5.66. The number of carbonyl (C=O) groups is 2. The van der Waals surface area contributed by atoms with Gasteiger partial charge in [0.1, 0.15) is 0 Å². The average molecular weight is 379 g/mol. The molecule has 1 saturated heterocycles. The van der Waals surface area contributed by atoms with E-state index in [0.717, 1.165) is 10.5 Å². The number of rotatable bonds is 3. The Kier molecular flexibility index (Phi) is 4.86. The number of likely N-dealkylation sites (tertiary alicyclic amines) is 1. The quantitative estimate of drug-likeness (QED) is 0.887. The van der Waals surface area contributed by atoms with Crippen molar-refractivity contribution in [2.24, 2.45) is 11.8 Å². The highest BCUT2D eigenvalue weighted by molar-refractivity contribution is 5.95. The SMILES string of the molecule is Cc1nc(-c2ccccc2)ncc1C(=O)N1C[C@@H](C(F)(F)F)[C@H](C(=O)O)C1. The summed E-state index contributed by atoms with van der Waals surface area (Å²) in [5.41, 5.74) is 1.11. The smallest absolute Gasteiger partial charge is 0.394 e. The topological polar surface area (TPSA) is 83.4 Å². The number of carbonyl (C=O) groups excluding carboxylic acids is 1. The highest BCUT2D eigenvalue weighted by Gasteiger charge is 2.53. The first-order chi connectivity index (χ1) is 12.7. The molecular weight excluding hydrogens is 363 g/mol. The van der Waals surface area contributed by atoms with Crippen LogP contribution in [0.25, 0.3) is 11.4 Å². The normalized spacial score (nSPS) is 19.9. The van der Waals surface area contributed by atoms with Gasteiger partial charge in [0.05, 0.1) is 23.1 Å². The Balaban J connectivity index is 1.85. The second-order valence-corrected chi connectivity index (χ2v) is 6.36. The molecule has 0 spiro atoms. The predicted octanol–water partition coefficient (Wildman–Crippen LogP) is 2.79. The molecule has 1 N–H and O–H groups in total. The minimum atomic E-state index is -4.69. The van der Waals surface area contributed by atoms with E-state index in [1.54, 1.807) is 31.2 Å². The molecule has 1 amide bonds. The van der Waals surface area contributed by atoms with Crippen molar-refractivity contribution in [3.8, 4) is 11.4 Å². The third-order valence-electron chi connectivity index (χ3n) is 4.59. The Labute approximate surface area is 152 Å². The third-order valence-corrected chi connectivity index (χ3v) is 4.59. The van der Waals surface area contributed by atoms with E-state index in [2.05, 4.69) is 9.97 Å². The number of hydrogen-bond acceptors (Lipinski definition) is 4. The first kappa shape index (κ1) is 18.8. The molecular formula is C18H16F3N3O3. The van der Waals surface area contributed by atoms with Gasteiger partial charge in [-0.2, -0.15) is 13.2 Å². The molecule has 2 atom stereocenters. The molecule has 0 bridgehead atoms. The van der Waals surface area contributed by atoms with E-state index in [9.17, 15) is 22.8 Å². The lowest BCUT2D eigenvalue weighted by atomic mass is 9.96. The van der Waals surface area contributed by atoms with Crippen molar-refractivity contribution in [3.63, 3.8) is 0 Å². The van der Waals surface area contributed by atoms with Crippen molar-refractivity contribution in [3.05, 3.63) is 47.8 Å². The molecule has 0 aliphatic carbocycles. The summed E-state index contributed by atoms with van der Waals surface area (Å²) >= 11 is 0. The summed E-state index contributed by atoms with van der Waals surface area (Å²) in [6.45, 7) is 0.366. The summed E-state index contributed by atoms with van der Waals surface area (Å²) in [6.07, 6.45) is -3.43. The number of aromatic nitrogens is 2. The number of nitrogens with zero attached hydrogens (tertiary/aromatic N) is 3. The fraction of sp³-hybridized carbons (Fsp3) is 0.333. The summed E-state index contributed by atoms with van der Waals surface area (Å²) in [5, 5.41) is 9.07. The van der Waals surface area contributed by atoms with Crippen LogP contribution in [-0.4, -0.2) is 51.1 Å². The second-order valence-electron chi connectivity index (χ2n) is 6.36. The van der Waals surface area contributed by atoms with Crippen molar-refractivity contribution >= 4 is 11.9 Å². The minimum absolute atomic E-state index is 0.0571. The highest BCUT2D eigenvalue weighted by Crippen LogP contribution is 2.38. The largest absolute Gasteiger partial charge is 0.481 e. The summed E-state index contributed by atoms with van der Waals surface area (Å²) in [6, 6.07) is 9.03. The molecule has 142 valence electrons. The van der Waals surface area contributed by atoms with Gasteiger partial charge in [-0.15, -0.1) is 0 Å². The van der Waals surface area contributed by atoms with Crippen LogP contribution in [0.2, 0.25) is 0 Å². The van der Waals surface area contributed by atoms with Gasteiger partial charge in [-0.3, -0.25) is 9.59 Å². The van der Waals surface area contributed by atoms with Gasteiger partial charge < -0.3 is 10.0 Å². The van der Waals surface area contributed by atoms with E-state index in [1.807, 2.05) is 6.07 Å². The highest BCUT2D eigenvalue weighted by atomic mass is 19.4. The van der Waals surface area contributed by atoms with Crippen LogP contribution >= 0.6 is 0 Å². The van der Waals surface area contributed by atoms with Crippen LogP contribution in [0.1, 0.15) is 16.1 Å². The van der Waals surface area contributed by atoms with E-state index >= 15 is 0 Å². The zero-order valence-electron chi connectivity index (χ0n) is 14.3. The fourth-order valence-electron chi connectivity index (χ4n) is 3.13. The lowest BCUT2D eigenvalue weighted by Gasteiger charge is -2.18. The van der Waals surface area contributed by atoms with Crippen molar-refractivity contribution in [1.29, 1.82) is 0 Å². The fourth-order valence-corrected chi connectivity index (χ4v) is 3.13.